The normalized spacial score (nSPS) is 15.6. The number of nitrogens with zero attached hydrogens (tertiary/aromatic N) is 4. The van der Waals surface area contributed by atoms with Crippen molar-refractivity contribution in [2.75, 3.05) is 19.3 Å². The minimum Gasteiger partial charge on any atom is -0.465 e. The molecule has 1 saturated heterocycles. The van der Waals surface area contributed by atoms with Crippen LogP contribution in [0.2, 0.25) is 0 Å². The van der Waals surface area contributed by atoms with E-state index < -0.39 is 6.09 Å². The Labute approximate surface area is 200 Å². The van der Waals surface area contributed by atoms with Crippen LogP contribution in [0.25, 0.3) is 28.0 Å². The summed E-state index contributed by atoms with van der Waals surface area (Å²) in [7, 11) is 0. The van der Waals surface area contributed by atoms with Crippen LogP contribution in [-0.4, -0.2) is 61.9 Å². The molecular formula is C25H23N5O3S. The Balaban J connectivity index is 1.47. The van der Waals surface area contributed by atoms with Crippen molar-refractivity contribution in [3.63, 3.8) is 0 Å². The Bertz CT molecular complexity index is 1350. The van der Waals surface area contributed by atoms with Crippen molar-refractivity contribution in [1.29, 1.82) is 0 Å². The topological polar surface area (TPSA) is 100 Å². The van der Waals surface area contributed by atoms with Crippen LogP contribution in [0.3, 0.4) is 0 Å². The van der Waals surface area contributed by atoms with E-state index in [1.54, 1.807) is 29.1 Å². The maximum absolute atomic E-state index is 13.2. The summed E-state index contributed by atoms with van der Waals surface area (Å²) in [6.45, 7) is 0.882. The first-order valence-electron chi connectivity index (χ1n) is 10.9. The van der Waals surface area contributed by atoms with Gasteiger partial charge in [0, 0.05) is 53.1 Å². The van der Waals surface area contributed by atoms with Gasteiger partial charge in [-0.2, -0.15) is 0 Å². The Morgan fingerprint density at radius 1 is 1.09 bits per heavy atom. The van der Waals surface area contributed by atoms with Gasteiger partial charge in [0.1, 0.15) is 0 Å². The first-order chi connectivity index (χ1) is 16.5. The first kappa shape index (κ1) is 22.0. The summed E-state index contributed by atoms with van der Waals surface area (Å²) < 4.78 is 1.91. The third-order valence-corrected chi connectivity index (χ3v) is 6.76. The van der Waals surface area contributed by atoms with Crippen LogP contribution in [0, 0.1) is 0 Å². The van der Waals surface area contributed by atoms with Crippen molar-refractivity contribution in [2.45, 2.75) is 17.4 Å². The average molecular weight is 474 g/mol. The van der Waals surface area contributed by atoms with Gasteiger partial charge in [-0.1, -0.05) is 36.4 Å². The number of carboxylic acid groups (broad SMARTS) is 1. The zero-order chi connectivity index (χ0) is 23.7. The van der Waals surface area contributed by atoms with Gasteiger partial charge in [0.05, 0.1) is 11.6 Å². The lowest BCUT2D eigenvalue weighted by atomic mass is 10.1. The number of hydrogen-bond acceptors (Lipinski definition) is 5. The predicted octanol–water partition coefficient (Wildman–Crippen LogP) is 4.29. The Morgan fingerprint density at radius 2 is 1.85 bits per heavy atom. The summed E-state index contributed by atoms with van der Waals surface area (Å²) in [6, 6.07) is 15.4. The Morgan fingerprint density at radius 3 is 2.56 bits per heavy atom. The van der Waals surface area contributed by atoms with Gasteiger partial charge in [0.2, 0.25) is 5.95 Å². The van der Waals surface area contributed by atoms with E-state index in [9.17, 15) is 9.59 Å². The van der Waals surface area contributed by atoms with Gasteiger partial charge in [0.15, 0.2) is 0 Å². The van der Waals surface area contributed by atoms with Crippen molar-refractivity contribution < 1.29 is 14.7 Å². The minimum absolute atomic E-state index is 0.115. The minimum atomic E-state index is -1.07. The second kappa shape index (κ2) is 9.18. The van der Waals surface area contributed by atoms with Gasteiger partial charge in [-0.05, 0) is 30.4 Å². The molecule has 0 radical (unpaired) electrons. The van der Waals surface area contributed by atoms with Crippen LogP contribution >= 0.6 is 11.8 Å². The summed E-state index contributed by atoms with van der Waals surface area (Å²) in [4.78, 5) is 36.0. The molecule has 3 heterocycles. The molecule has 9 heteroatoms. The highest BCUT2D eigenvalue weighted by molar-refractivity contribution is 7.98. The molecule has 1 atom stereocenters. The third-order valence-electron chi connectivity index (χ3n) is 6.00. The molecule has 2 N–H and O–H groups in total. The molecule has 1 aliphatic heterocycles. The zero-order valence-electron chi connectivity index (χ0n) is 18.5. The number of amides is 2. The maximum atomic E-state index is 13.2. The van der Waals surface area contributed by atoms with Crippen LogP contribution in [0.15, 0.2) is 72.0 Å². The fourth-order valence-electron chi connectivity index (χ4n) is 4.30. The largest absolute Gasteiger partial charge is 0.465 e. The van der Waals surface area contributed by atoms with Crippen molar-refractivity contribution >= 4 is 34.7 Å². The van der Waals surface area contributed by atoms with Gasteiger partial charge in [-0.25, -0.2) is 14.8 Å². The van der Waals surface area contributed by atoms with E-state index in [1.807, 2.05) is 65.6 Å². The molecule has 1 fully saturated rings. The highest BCUT2D eigenvalue weighted by Gasteiger charge is 2.28. The monoisotopic (exact) mass is 473 g/mol. The van der Waals surface area contributed by atoms with Crippen LogP contribution < -0.4 is 5.32 Å². The van der Waals surface area contributed by atoms with Crippen LogP contribution in [-0.2, 0) is 0 Å². The van der Waals surface area contributed by atoms with Gasteiger partial charge in [-0.3, -0.25) is 9.36 Å². The lowest BCUT2D eigenvalue weighted by molar-refractivity contribution is 0.0788. The van der Waals surface area contributed by atoms with Crippen LogP contribution in [0.5, 0.6) is 0 Å². The molecule has 2 aromatic carbocycles. The highest BCUT2D eigenvalue weighted by Crippen LogP contribution is 2.31. The molecular weight excluding hydrogens is 450 g/mol. The molecule has 1 aliphatic rings. The molecule has 2 aromatic heterocycles. The Hall–Kier alpha value is -3.85. The number of fused-ring (bicyclic) bond motifs is 1. The van der Waals surface area contributed by atoms with E-state index in [0.29, 0.717) is 31.0 Å². The fraction of sp³-hybridized carbons (Fsp3) is 0.200. The van der Waals surface area contributed by atoms with Gasteiger partial charge in [-0.15, -0.1) is 11.8 Å². The quantitative estimate of drug-likeness (QED) is 0.420. The predicted molar refractivity (Wildman–Crippen MR) is 132 cm³/mol. The number of carbonyl (C=O) groups is 2. The molecule has 2 amide bonds. The zero-order valence-corrected chi connectivity index (χ0v) is 19.3. The van der Waals surface area contributed by atoms with E-state index in [2.05, 4.69) is 15.3 Å². The summed E-state index contributed by atoms with van der Waals surface area (Å²) in [5.74, 6) is 0.414. The number of carbonyl (C=O) groups excluding carboxylic acids is 1. The number of hydrogen-bond donors (Lipinski definition) is 2. The van der Waals surface area contributed by atoms with Crippen LogP contribution in [0.4, 0.5) is 4.79 Å². The van der Waals surface area contributed by atoms with Crippen molar-refractivity contribution in [1.82, 2.24) is 24.8 Å². The molecule has 34 heavy (non-hydrogen) atoms. The second-order valence-corrected chi connectivity index (χ2v) is 8.97. The van der Waals surface area contributed by atoms with Gasteiger partial charge >= 0.3 is 6.09 Å². The maximum Gasteiger partial charge on any atom is 0.404 e. The summed E-state index contributed by atoms with van der Waals surface area (Å²) in [5.41, 5.74) is 3.38. The van der Waals surface area contributed by atoms with Crippen molar-refractivity contribution in [2.24, 2.45) is 0 Å². The van der Waals surface area contributed by atoms with Gasteiger partial charge in [0.25, 0.3) is 5.91 Å². The van der Waals surface area contributed by atoms with Gasteiger partial charge < -0.3 is 15.3 Å². The standard InChI is InChI=1S/C25H23N5O3S/c1-34-22-15-30(24-26-12-18(13-27-24)16-5-3-2-4-6-16)21-11-17(7-8-20(21)22)23(31)29-10-9-19(14-29)28-25(32)33/h2-8,11-13,15,19,28H,9-10,14H2,1H3,(H,32,33). The molecule has 1 unspecified atom stereocenters. The van der Waals surface area contributed by atoms with E-state index in [0.717, 1.165) is 26.9 Å². The number of rotatable bonds is 5. The first-order valence-corrected chi connectivity index (χ1v) is 12.1. The average Bonchev–Trinajstić information content (AvgIpc) is 3.48. The van der Waals surface area contributed by atoms with E-state index >= 15 is 0 Å². The number of thioether (sulfide) groups is 1. The van der Waals surface area contributed by atoms with E-state index in [4.69, 9.17) is 5.11 Å². The number of benzene rings is 2. The molecule has 4 aromatic rings. The summed E-state index contributed by atoms with van der Waals surface area (Å²) >= 11 is 1.62. The third kappa shape index (κ3) is 4.22. The molecule has 0 bridgehead atoms. The molecule has 5 rings (SSSR count). The van der Waals surface area contributed by atoms with Crippen LogP contribution in [0.1, 0.15) is 16.8 Å². The lowest BCUT2D eigenvalue weighted by Crippen LogP contribution is -2.37. The molecule has 0 aliphatic carbocycles. The summed E-state index contributed by atoms with van der Waals surface area (Å²) in [6.07, 6.45) is 7.14. The lowest BCUT2D eigenvalue weighted by Gasteiger charge is -2.17. The molecule has 0 spiro atoms. The summed E-state index contributed by atoms with van der Waals surface area (Å²) in [5, 5.41) is 12.4. The SMILES string of the molecule is CSc1cn(-c2ncc(-c3ccccc3)cn2)c2cc(C(=O)N3CCC(NC(=O)O)C3)ccc12. The number of aromatic nitrogens is 3. The number of likely N-dealkylation sites (tertiary alicyclic amines) is 1. The molecule has 8 nitrogen and oxygen atoms in total. The van der Waals surface area contributed by atoms with E-state index in [-0.39, 0.29) is 11.9 Å². The number of nitrogens with one attached hydrogen (secondary N) is 1. The second-order valence-electron chi connectivity index (χ2n) is 8.12. The molecule has 172 valence electrons. The van der Waals surface area contributed by atoms with Crippen molar-refractivity contribution in [3.05, 3.63) is 72.7 Å². The molecule has 0 saturated carbocycles. The smallest absolute Gasteiger partial charge is 0.404 e. The highest BCUT2D eigenvalue weighted by atomic mass is 32.2. The Kier molecular flexibility index (Phi) is 5.93. The van der Waals surface area contributed by atoms with E-state index in [1.165, 1.54) is 0 Å². The fourth-order valence-corrected chi connectivity index (χ4v) is 4.91. The van der Waals surface area contributed by atoms with Crippen molar-refractivity contribution in [3.8, 4) is 17.1 Å².